The second kappa shape index (κ2) is 6.51. The van der Waals surface area contributed by atoms with Crippen LogP contribution in [0.5, 0.6) is 0 Å². The maximum atomic E-state index is 12.4. The molecular formula is C22H25N3O. The molecule has 26 heavy (non-hydrogen) atoms. The molecule has 0 bridgehead atoms. The summed E-state index contributed by atoms with van der Waals surface area (Å²) in [6, 6.07) is 12.9. The average molecular weight is 347 g/mol. The van der Waals surface area contributed by atoms with Gasteiger partial charge in [-0.15, -0.1) is 0 Å². The SMILES string of the molecule is O=C1Cc2ccc(N3CCC(N4CCCC4)CC3)nc2-c2ccccc21. The third-order valence-corrected chi connectivity index (χ3v) is 6.24. The lowest BCUT2D eigenvalue weighted by Crippen LogP contribution is -2.44. The number of nitrogens with zero attached hydrogens (tertiary/aromatic N) is 3. The molecule has 3 heterocycles. The fourth-order valence-electron chi connectivity index (χ4n) is 4.80. The number of hydrogen-bond acceptors (Lipinski definition) is 4. The first-order chi connectivity index (χ1) is 12.8. The van der Waals surface area contributed by atoms with Crippen molar-refractivity contribution >= 4 is 11.6 Å². The van der Waals surface area contributed by atoms with Gasteiger partial charge in [-0.25, -0.2) is 4.98 Å². The molecular weight excluding hydrogens is 322 g/mol. The van der Waals surface area contributed by atoms with Gasteiger partial charge in [0.2, 0.25) is 0 Å². The molecule has 1 aliphatic carbocycles. The van der Waals surface area contributed by atoms with Crippen LogP contribution in [0.25, 0.3) is 11.3 Å². The van der Waals surface area contributed by atoms with E-state index in [4.69, 9.17) is 4.98 Å². The minimum Gasteiger partial charge on any atom is -0.356 e. The van der Waals surface area contributed by atoms with Crippen LogP contribution in [0.4, 0.5) is 5.82 Å². The van der Waals surface area contributed by atoms with E-state index < -0.39 is 0 Å². The zero-order chi connectivity index (χ0) is 17.5. The number of aromatic nitrogens is 1. The number of Topliss-reactive ketones (excluding diaryl/α,β-unsaturated/α-hetero) is 1. The first-order valence-electron chi connectivity index (χ1n) is 9.91. The van der Waals surface area contributed by atoms with Crippen molar-refractivity contribution in [2.24, 2.45) is 0 Å². The van der Waals surface area contributed by atoms with Crippen LogP contribution in [0.15, 0.2) is 36.4 Å². The molecule has 0 saturated carbocycles. The van der Waals surface area contributed by atoms with Crippen molar-refractivity contribution in [3.63, 3.8) is 0 Å². The summed E-state index contributed by atoms with van der Waals surface area (Å²) >= 11 is 0. The Bertz CT molecular complexity index is 833. The Hall–Kier alpha value is -2.20. The normalized spacial score (nSPS) is 20.9. The zero-order valence-corrected chi connectivity index (χ0v) is 15.2. The van der Waals surface area contributed by atoms with E-state index in [2.05, 4.69) is 21.9 Å². The van der Waals surface area contributed by atoms with E-state index in [0.717, 1.165) is 47.3 Å². The van der Waals surface area contributed by atoms with Crippen molar-refractivity contribution in [2.75, 3.05) is 31.1 Å². The molecule has 2 aliphatic heterocycles. The Morgan fingerprint density at radius 3 is 2.38 bits per heavy atom. The number of ketones is 1. The van der Waals surface area contributed by atoms with Gasteiger partial charge in [0.05, 0.1) is 5.69 Å². The van der Waals surface area contributed by atoms with Crippen molar-refractivity contribution in [1.29, 1.82) is 0 Å². The number of piperidine rings is 1. The molecule has 0 N–H and O–H groups in total. The topological polar surface area (TPSA) is 36.4 Å². The van der Waals surface area contributed by atoms with Crippen molar-refractivity contribution in [3.8, 4) is 11.3 Å². The van der Waals surface area contributed by atoms with Crippen molar-refractivity contribution in [2.45, 2.75) is 38.1 Å². The molecule has 0 radical (unpaired) electrons. The van der Waals surface area contributed by atoms with E-state index in [9.17, 15) is 4.79 Å². The number of likely N-dealkylation sites (tertiary alicyclic amines) is 1. The summed E-state index contributed by atoms with van der Waals surface area (Å²) in [5, 5.41) is 0. The number of carbonyl (C=O) groups excluding carboxylic acids is 1. The Balaban J connectivity index is 1.38. The summed E-state index contributed by atoms with van der Waals surface area (Å²) in [7, 11) is 0. The lowest BCUT2D eigenvalue weighted by Gasteiger charge is -2.37. The number of hydrogen-bond donors (Lipinski definition) is 0. The minimum absolute atomic E-state index is 0.203. The van der Waals surface area contributed by atoms with Crippen molar-refractivity contribution in [3.05, 3.63) is 47.5 Å². The molecule has 2 aromatic rings. The van der Waals surface area contributed by atoms with Gasteiger partial charge in [-0.05, 0) is 50.4 Å². The van der Waals surface area contributed by atoms with Crippen LogP contribution in [-0.4, -0.2) is 47.9 Å². The summed E-state index contributed by atoms with van der Waals surface area (Å²) in [6.07, 6.45) is 5.66. The van der Waals surface area contributed by atoms with Crippen LogP contribution in [0, 0.1) is 0 Å². The molecule has 0 unspecified atom stereocenters. The van der Waals surface area contributed by atoms with Crippen LogP contribution in [0.3, 0.4) is 0 Å². The Labute approximate surface area is 154 Å². The highest BCUT2D eigenvalue weighted by Crippen LogP contribution is 2.34. The monoisotopic (exact) mass is 347 g/mol. The fraction of sp³-hybridized carbons (Fsp3) is 0.455. The first kappa shape index (κ1) is 16.0. The summed E-state index contributed by atoms with van der Waals surface area (Å²) < 4.78 is 0. The molecule has 134 valence electrons. The van der Waals surface area contributed by atoms with Crippen molar-refractivity contribution in [1.82, 2.24) is 9.88 Å². The molecule has 0 atom stereocenters. The number of fused-ring (bicyclic) bond motifs is 3. The largest absolute Gasteiger partial charge is 0.356 e. The zero-order valence-electron chi connectivity index (χ0n) is 15.2. The lowest BCUT2D eigenvalue weighted by molar-refractivity contribution is 0.0991. The Morgan fingerprint density at radius 1 is 0.885 bits per heavy atom. The molecule has 1 aromatic carbocycles. The van der Waals surface area contributed by atoms with E-state index in [1.54, 1.807) is 0 Å². The maximum absolute atomic E-state index is 12.4. The number of benzene rings is 1. The third kappa shape index (κ3) is 2.73. The lowest BCUT2D eigenvalue weighted by atomic mass is 9.88. The summed E-state index contributed by atoms with van der Waals surface area (Å²) in [6.45, 7) is 4.72. The molecule has 0 spiro atoms. The van der Waals surface area contributed by atoms with Crippen LogP contribution in [0.1, 0.15) is 41.6 Å². The molecule has 4 nitrogen and oxygen atoms in total. The van der Waals surface area contributed by atoms with Gasteiger partial charge >= 0.3 is 0 Å². The molecule has 4 heteroatoms. The predicted molar refractivity (Wildman–Crippen MR) is 104 cm³/mol. The third-order valence-electron chi connectivity index (χ3n) is 6.24. The van der Waals surface area contributed by atoms with Gasteiger partial charge in [0.1, 0.15) is 5.82 Å². The van der Waals surface area contributed by atoms with Gasteiger partial charge in [-0.2, -0.15) is 0 Å². The van der Waals surface area contributed by atoms with E-state index in [0.29, 0.717) is 6.42 Å². The fourth-order valence-corrected chi connectivity index (χ4v) is 4.80. The smallest absolute Gasteiger partial charge is 0.167 e. The predicted octanol–water partition coefficient (Wildman–Crippen LogP) is 3.55. The Morgan fingerprint density at radius 2 is 1.62 bits per heavy atom. The number of carbonyl (C=O) groups is 1. The van der Waals surface area contributed by atoms with E-state index in [1.165, 1.54) is 38.8 Å². The highest BCUT2D eigenvalue weighted by atomic mass is 16.1. The quantitative estimate of drug-likeness (QED) is 0.832. The minimum atomic E-state index is 0.203. The molecule has 1 aromatic heterocycles. The molecule has 3 aliphatic rings. The van der Waals surface area contributed by atoms with Gasteiger partial charge in [0.25, 0.3) is 0 Å². The standard InChI is InChI=1S/C22H25N3O/c26-20-15-16-7-8-21(23-22(16)19-6-2-1-5-18(19)20)25-13-9-17(10-14-25)24-11-3-4-12-24/h1-2,5-8,17H,3-4,9-15H2. The average Bonchev–Trinajstić information content (AvgIpc) is 3.23. The highest BCUT2D eigenvalue weighted by molar-refractivity contribution is 6.06. The molecule has 5 rings (SSSR count). The number of pyridine rings is 1. The summed E-state index contributed by atoms with van der Waals surface area (Å²) in [5.74, 6) is 1.27. The number of rotatable bonds is 2. The molecule has 2 fully saturated rings. The van der Waals surface area contributed by atoms with Gasteiger partial charge in [-0.3, -0.25) is 4.79 Å². The van der Waals surface area contributed by atoms with Crippen LogP contribution in [0.2, 0.25) is 0 Å². The van der Waals surface area contributed by atoms with Crippen LogP contribution < -0.4 is 4.90 Å². The van der Waals surface area contributed by atoms with E-state index in [-0.39, 0.29) is 5.78 Å². The summed E-state index contributed by atoms with van der Waals surface area (Å²) in [4.78, 5) is 22.5. The maximum Gasteiger partial charge on any atom is 0.167 e. The van der Waals surface area contributed by atoms with Crippen LogP contribution in [-0.2, 0) is 6.42 Å². The van der Waals surface area contributed by atoms with Crippen molar-refractivity contribution < 1.29 is 4.79 Å². The van der Waals surface area contributed by atoms with Gasteiger partial charge in [0.15, 0.2) is 5.78 Å². The van der Waals surface area contributed by atoms with Gasteiger partial charge in [0, 0.05) is 36.7 Å². The van der Waals surface area contributed by atoms with E-state index >= 15 is 0 Å². The molecule has 0 amide bonds. The first-order valence-corrected chi connectivity index (χ1v) is 9.91. The second-order valence-corrected chi connectivity index (χ2v) is 7.78. The van der Waals surface area contributed by atoms with Gasteiger partial charge in [-0.1, -0.05) is 30.3 Å². The van der Waals surface area contributed by atoms with Crippen LogP contribution >= 0.6 is 0 Å². The molecule has 2 saturated heterocycles. The summed E-state index contributed by atoms with van der Waals surface area (Å²) in [5.41, 5.74) is 3.87. The van der Waals surface area contributed by atoms with E-state index in [1.807, 2.05) is 24.3 Å². The highest BCUT2D eigenvalue weighted by Gasteiger charge is 2.28. The second-order valence-electron chi connectivity index (χ2n) is 7.78. The Kier molecular flexibility index (Phi) is 4.01. The number of anilines is 1. The van der Waals surface area contributed by atoms with Gasteiger partial charge < -0.3 is 9.80 Å².